The largest absolute Gasteiger partial charge is 0.477 e. The number of carboxylic acids is 1. The van der Waals surface area contributed by atoms with Crippen LogP contribution in [0.15, 0.2) is 18.2 Å². The normalized spacial score (nSPS) is 13.6. The molecule has 1 aromatic rings. The second-order valence-electron chi connectivity index (χ2n) is 2.70. The van der Waals surface area contributed by atoms with Crippen molar-refractivity contribution in [2.75, 3.05) is 0 Å². The summed E-state index contributed by atoms with van der Waals surface area (Å²) in [6.45, 7) is 0. The molecule has 82 valence electrons. The van der Waals surface area contributed by atoms with Crippen molar-refractivity contribution < 1.29 is 28.2 Å². The average molecular weight is 221 g/mol. The molecule has 1 unspecified atom stereocenters. The van der Waals surface area contributed by atoms with Gasteiger partial charge in [0.05, 0.1) is 5.69 Å². The number of aromatic carboxylic acids is 1. The molecule has 0 saturated heterocycles. The lowest BCUT2D eigenvalue weighted by Gasteiger charge is -2.13. The quantitative estimate of drug-likeness (QED) is 0.791. The Morgan fingerprint density at radius 2 is 2.00 bits per heavy atom. The predicted molar refractivity (Wildman–Crippen MR) is 42.2 cm³/mol. The van der Waals surface area contributed by atoms with Gasteiger partial charge < -0.3 is 10.2 Å². The van der Waals surface area contributed by atoms with Gasteiger partial charge in [-0.05, 0) is 12.1 Å². The first kappa shape index (κ1) is 11.4. The summed E-state index contributed by atoms with van der Waals surface area (Å²) >= 11 is 0. The van der Waals surface area contributed by atoms with Crippen LogP contribution in [0.1, 0.15) is 22.3 Å². The lowest BCUT2D eigenvalue weighted by atomic mass is 10.2. The molecule has 0 spiro atoms. The highest BCUT2D eigenvalue weighted by Gasteiger charge is 2.40. The van der Waals surface area contributed by atoms with E-state index >= 15 is 0 Å². The molecule has 0 fully saturated rings. The fourth-order valence-corrected chi connectivity index (χ4v) is 0.891. The zero-order valence-electron chi connectivity index (χ0n) is 7.19. The number of alkyl halides is 3. The lowest BCUT2D eigenvalue weighted by Crippen LogP contribution is -2.21. The number of hydrogen-bond acceptors (Lipinski definition) is 3. The number of nitrogens with zero attached hydrogens (tertiary/aromatic N) is 1. The second kappa shape index (κ2) is 3.85. The van der Waals surface area contributed by atoms with Crippen LogP contribution in [0.3, 0.4) is 0 Å². The highest BCUT2D eigenvalue weighted by Crippen LogP contribution is 2.31. The summed E-state index contributed by atoms with van der Waals surface area (Å²) in [5.74, 6) is -1.45. The molecule has 0 aliphatic rings. The molecular weight excluding hydrogens is 215 g/mol. The summed E-state index contributed by atoms with van der Waals surface area (Å²) in [6.07, 6.45) is -7.62. The number of aliphatic hydroxyl groups is 1. The van der Waals surface area contributed by atoms with E-state index in [1.54, 1.807) is 0 Å². The predicted octanol–water partition coefficient (Wildman–Crippen LogP) is 1.38. The van der Waals surface area contributed by atoms with Crippen LogP contribution >= 0.6 is 0 Å². The van der Waals surface area contributed by atoms with E-state index in [4.69, 9.17) is 10.2 Å². The fraction of sp³-hybridized carbons (Fsp3) is 0.250. The SMILES string of the molecule is O=C(O)c1cccc(C(O)C(F)(F)F)n1. The molecule has 0 aliphatic heterocycles. The Hall–Kier alpha value is -1.63. The van der Waals surface area contributed by atoms with Gasteiger partial charge in [0.2, 0.25) is 0 Å². The first-order valence-electron chi connectivity index (χ1n) is 3.77. The Morgan fingerprint density at radius 1 is 1.40 bits per heavy atom. The third kappa shape index (κ3) is 2.66. The van der Waals surface area contributed by atoms with E-state index in [0.717, 1.165) is 18.2 Å². The summed E-state index contributed by atoms with van der Waals surface area (Å²) in [6, 6.07) is 3.03. The van der Waals surface area contributed by atoms with E-state index in [-0.39, 0.29) is 0 Å². The highest BCUT2D eigenvalue weighted by atomic mass is 19.4. The zero-order chi connectivity index (χ0) is 11.6. The fourth-order valence-electron chi connectivity index (χ4n) is 0.891. The van der Waals surface area contributed by atoms with Gasteiger partial charge in [0.1, 0.15) is 5.69 Å². The molecule has 0 bridgehead atoms. The molecular formula is C8H6F3NO3. The summed E-state index contributed by atoms with van der Waals surface area (Å²) < 4.78 is 36.1. The van der Waals surface area contributed by atoms with Crippen LogP contribution in [0, 0.1) is 0 Å². The molecule has 1 rings (SSSR count). The molecule has 2 N–H and O–H groups in total. The number of carbonyl (C=O) groups is 1. The van der Waals surface area contributed by atoms with E-state index in [9.17, 15) is 18.0 Å². The zero-order valence-corrected chi connectivity index (χ0v) is 7.19. The maximum absolute atomic E-state index is 12.0. The molecule has 7 heteroatoms. The Balaban J connectivity index is 3.06. The van der Waals surface area contributed by atoms with E-state index < -0.39 is 29.6 Å². The van der Waals surface area contributed by atoms with E-state index in [0.29, 0.717) is 0 Å². The molecule has 0 radical (unpaired) electrons. The first-order valence-corrected chi connectivity index (χ1v) is 3.77. The number of halogens is 3. The Bertz CT molecular complexity index is 378. The van der Waals surface area contributed by atoms with E-state index in [2.05, 4.69) is 4.98 Å². The van der Waals surface area contributed by atoms with Crippen LogP contribution in [-0.4, -0.2) is 27.3 Å². The minimum Gasteiger partial charge on any atom is -0.477 e. The third-order valence-electron chi connectivity index (χ3n) is 1.58. The van der Waals surface area contributed by atoms with Crippen molar-refractivity contribution in [3.8, 4) is 0 Å². The minimum absolute atomic E-state index is 0.546. The van der Waals surface area contributed by atoms with Crippen molar-refractivity contribution in [1.29, 1.82) is 0 Å². The minimum atomic E-state index is -4.86. The molecule has 1 aromatic heterocycles. The Kier molecular flexibility index (Phi) is 2.94. The molecule has 4 nitrogen and oxygen atoms in total. The van der Waals surface area contributed by atoms with Crippen molar-refractivity contribution in [2.45, 2.75) is 12.3 Å². The van der Waals surface area contributed by atoms with Gasteiger partial charge in [-0.1, -0.05) is 6.07 Å². The molecule has 0 aliphatic carbocycles. The van der Waals surface area contributed by atoms with Crippen LogP contribution in [0.4, 0.5) is 13.2 Å². The smallest absolute Gasteiger partial charge is 0.420 e. The molecule has 0 amide bonds. The van der Waals surface area contributed by atoms with Crippen LogP contribution in [-0.2, 0) is 0 Å². The topological polar surface area (TPSA) is 70.4 Å². The van der Waals surface area contributed by atoms with Gasteiger partial charge in [-0.15, -0.1) is 0 Å². The number of pyridine rings is 1. The van der Waals surface area contributed by atoms with Crippen molar-refractivity contribution in [3.05, 3.63) is 29.6 Å². The van der Waals surface area contributed by atoms with Crippen molar-refractivity contribution in [1.82, 2.24) is 4.98 Å². The average Bonchev–Trinajstić information content (AvgIpc) is 2.15. The van der Waals surface area contributed by atoms with Gasteiger partial charge in [0.25, 0.3) is 0 Å². The van der Waals surface area contributed by atoms with Gasteiger partial charge in [-0.3, -0.25) is 0 Å². The van der Waals surface area contributed by atoms with Crippen molar-refractivity contribution >= 4 is 5.97 Å². The number of carboxylic acid groups (broad SMARTS) is 1. The number of rotatable bonds is 2. The van der Waals surface area contributed by atoms with Crippen LogP contribution in [0.2, 0.25) is 0 Å². The van der Waals surface area contributed by atoms with Gasteiger partial charge >= 0.3 is 12.1 Å². The van der Waals surface area contributed by atoms with Crippen LogP contribution < -0.4 is 0 Å². The first-order chi connectivity index (χ1) is 6.82. The molecule has 15 heavy (non-hydrogen) atoms. The van der Waals surface area contributed by atoms with Crippen molar-refractivity contribution in [3.63, 3.8) is 0 Å². The number of aliphatic hydroxyl groups excluding tert-OH is 1. The van der Waals surface area contributed by atoms with E-state index in [1.165, 1.54) is 0 Å². The van der Waals surface area contributed by atoms with Crippen LogP contribution in [0.5, 0.6) is 0 Å². The summed E-state index contributed by atoms with van der Waals surface area (Å²) in [7, 11) is 0. The van der Waals surface area contributed by atoms with Gasteiger partial charge in [-0.25, -0.2) is 9.78 Å². The summed E-state index contributed by atoms with van der Waals surface area (Å²) in [5.41, 5.74) is -1.28. The molecule has 1 atom stereocenters. The summed E-state index contributed by atoms with van der Waals surface area (Å²) in [4.78, 5) is 13.6. The molecule has 0 aromatic carbocycles. The third-order valence-corrected chi connectivity index (χ3v) is 1.58. The van der Waals surface area contributed by atoms with Gasteiger partial charge in [0.15, 0.2) is 6.10 Å². The Morgan fingerprint density at radius 3 is 2.47 bits per heavy atom. The summed E-state index contributed by atoms with van der Waals surface area (Å²) in [5, 5.41) is 17.3. The maximum Gasteiger partial charge on any atom is 0.420 e. The standard InChI is InChI=1S/C8H6F3NO3/c9-8(10,11)6(13)4-2-1-3-5(12-4)7(14)15/h1-3,6,13H,(H,14,15). The number of aromatic nitrogens is 1. The highest BCUT2D eigenvalue weighted by molar-refractivity contribution is 5.85. The number of hydrogen-bond donors (Lipinski definition) is 2. The molecule has 0 saturated carbocycles. The van der Waals surface area contributed by atoms with Gasteiger partial charge in [-0.2, -0.15) is 13.2 Å². The molecule has 1 heterocycles. The van der Waals surface area contributed by atoms with Gasteiger partial charge in [0, 0.05) is 0 Å². The monoisotopic (exact) mass is 221 g/mol. The van der Waals surface area contributed by atoms with Crippen molar-refractivity contribution in [2.24, 2.45) is 0 Å². The van der Waals surface area contributed by atoms with E-state index in [1.807, 2.05) is 0 Å². The van der Waals surface area contributed by atoms with Crippen LogP contribution in [0.25, 0.3) is 0 Å². The second-order valence-corrected chi connectivity index (χ2v) is 2.70. The Labute approximate surface area is 82.0 Å². The maximum atomic E-state index is 12.0. The lowest BCUT2D eigenvalue weighted by molar-refractivity contribution is -0.208.